The number of hydrogen-bond acceptors (Lipinski definition) is 3. The van der Waals surface area contributed by atoms with E-state index in [0.29, 0.717) is 17.6 Å². The van der Waals surface area contributed by atoms with Crippen molar-refractivity contribution in [2.24, 2.45) is 5.92 Å². The monoisotopic (exact) mass is 426 g/mol. The highest BCUT2D eigenvalue weighted by atomic mass is 79.9. The summed E-state index contributed by atoms with van der Waals surface area (Å²) in [6.45, 7) is 3.19. The lowest BCUT2D eigenvalue weighted by molar-refractivity contribution is -0.119. The van der Waals surface area contributed by atoms with Crippen molar-refractivity contribution in [3.63, 3.8) is 0 Å². The highest BCUT2D eigenvalue weighted by Crippen LogP contribution is 2.40. The SMILES string of the molecule is CC1CCCCN1S(=O)(=O)c1cc2c(cc1Br)CCN2C(=O)C1CC1. The fourth-order valence-electron chi connectivity index (χ4n) is 3.92. The van der Waals surface area contributed by atoms with Gasteiger partial charge in [-0.15, -0.1) is 0 Å². The number of sulfonamides is 1. The molecule has 1 aliphatic carbocycles. The maximum absolute atomic E-state index is 13.2. The minimum Gasteiger partial charge on any atom is -0.312 e. The van der Waals surface area contributed by atoms with Crippen molar-refractivity contribution < 1.29 is 13.2 Å². The molecular weight excluding hydrogens is 404 g/mol. The number of benzene rings is 1. The number of hydrogen-bond donors (Lipinski definition) is 0. The number of nitrogens with zero attached hydrogens (tertiary/aromatic N) is 2. The zero-order valence-corrected chi connectivity index (χ0v) is 16.8. The van der Waals surface area contributed by atoms with E-state index in [1.807, 2.05) is 13.0 Å². The molecule has 2 aliphatic heterocycles. The molecule has 2 heterocycles. The number of anilines is 1. The van der Waals surface area contributed by atoms with Crippen LogP contribution in [-0.4, -0.2) is 37.8 Å². The quantitative estimate of drug-likeness (QED) is 0.744. The van der Waals surface area contributed by atoms with Gasteiger partial charge >= 0.3 is 0 Å². The Morgan fingerprint density at radius 2 is 1.92 bits per heavy atom. The van der Waals surface area contributed by atoms with Crippen LogP contribution < -0.4 is 4.90 Å². The Kier molecular flexibility index (Phi) is 4.45. The first-order valence-electron chi connectivity index (χ1n) is 9.05. The fraction of sp³-hybridized carbons (Fsp3) is 0.611. The lowest BCUT2D eigenvalue weighted by atomic mass is 10.1. The van der Waals surface area contributed by atoms with Gasteiger partial charge in [-0.25, -0.2) is 8.42 Å². The maximum Gasteiger partial charge on any atom is 0.244 e. The van der Waals surface area contributed by atoms with Crippen molar-refractivity contribution in [3.05, 3.63) is 22.2 Å². The van der Waals surface area contributed by atoms with Crippen LogP contribution in [0.4, 0.5) is 5.69 Å². The van der Waals surface area contributed by atoms with Crippen molar-refractivity contribution in [2.75, 3.05) is 18.0 Å². The Hall–Kier alpha value is -0.920. The van der Waals surface area contributed by atoms with Crippen LogP contribution in [-0.2, 0) is 21.2 Å². The molecular formula is C18H23BrN2O3S. The van der Waals surface area contributed by atoms with Crippen LogP contribution in [0.5, 0.6) is 0 Å². The van der Waals surface area contributed by atoms with E-state index < -0.39 is 10.0 Å². The average molecular weight is 427 g/mol. The van der Waals surface area contributed by atoms with E-state index in [0.717, 1.165) is 49.8 Å². The molecule has 1 saturated heterocycles. The molecule has 136 valence electrons. The number of piperidine rings is 1. The number of rotatable bonds is 3. The van der Waals surface area contributed by atoms with Gasteiger partial charge in [0, 0.05) is 35.2 Å². The van der Waals surface area contributed by atoms with E-state index in [4.69, 9.17) is 0 Å². The third-order valence-electron chi connectivity index (χ3n) is 5.55. The highest BCUT2D eigenvalue weighted by Gasteiger charge is 2.38. The van der Waals surface area contributed by atoms with Crippen LogP contribution in [0.15, 0.2) is 21.5 Å². The van der Waals surface area contributed by atoms with Crippen LogP contribution in [0.3, 0.4) is 0 Å². The minimum absolute atomic E-state index is 0.0168. The normalized spacial score (nSPS) is 24.4. The van der Waals surface area contributed by atoms with Crippen LogP contribution in [0.1, 0.15) is 44.6 Å². The molecule has 1 aromatic carbocycles. The van der Waals surface area contributed by atoms with Crippen LogP contribution in [0.2, 0.25) is 0 Å². The van der Waals surface area contributed by atoms with E-state index in [1.165, 1.54) is 0 Å². The second kappa shape index (κ2) is 6.35. The molecule has 1 unspecified atom stereocenters. The van der Waals surface area contributed by atoms with Gasteiger partial charge in [-0.05, 0) is 72.7 Å². The van der Waals surface area contributed by atoms with Crippen molar-refractivity contribution in [2.45, 2.75) is 56.4 Å². The smallest absolute Gasteiger partial charge is 0.244 e. The van der Waals surface area contributed by atoms with E-state index in [9.17, 15) is 13.2 Å². The van der Waals surface area contributed by atoms with Crippen molar-refractivity contribution >= 4 is 37.5 Å². The first-order valence-corrected chi connectivity index (χ1v) is 11.3. The molecule has 1 amide bonds. The Morgan fingerprint density at radius 3 is 2.60 bits per heavy atom. The summed E-state index contributed by atoms with van der Waals surface area (Å²) >= 11 is 3.46. The summed E-state index contributed by atoms with van der Waals surface area (Å²) < 4.78 is 28.7. The standard InChI is InChI=1S/C18H23BrN2O3S/c1-12-4-2-3-8-21(12)25(23,24)17-11-16-14(10-15(17)19)7-9-20(16)18(22)13-5-6-13/h10-13H,2-9H2,1H3. The molecule has 1 aromatic rings. The van der Waals surface area contributed by atoms with Gasteiger partial charge < -0.3 is 4.90 Å². The summed E-state index contributed by atoms with van der Waals surface area (Å²) in [7, 11) is -3.57. The van der Waals surface area contributed by atoms with Crippen molar-refractivity contribution in [1.82, 2.24) is 4.31 Å². The Morgan fingerprint density at radius 1 is 1.16 bits per heavy atom. The first kappa shape index (κ1) is 17.5. The van der Waals surface area contributed by atoms with Crippen molar-refractivity contribution in [1.29, 1.82) is 0 Å². The zero-order chi connectivity index (χ0) is 17.8. The second-order valence-corrected chi connectivity index (χ2v) is 10.1. The number of fused-ring (bicyclic) bond motifs is 1. The Labute approximate surface area is 157 Å². The molecule has 25 heavy (non-hydrogen) atoms. The van der Waals surface area contributed by atoms with Gasteiger partial charge in [-0.1, -0.05) is 6.42 Å². The molecule has 1 saturated carbocycles. The summed E-state index contributed by atoms with van der Waals surface area (Å²) in [5, 5.41) is 0. The third kappa shape index (κ3) is 3.04. The average Bonchev–Trinajstić information content (AvgIpc) is 3.34. The molecule has 5 nitrogen and oxygen atoms in total. The van der Waals surface area contributed by atoms with Gasteiger partial charge in [0.05, 0.1) is 4.90 Å². The third-order valence-corrected chi connectivity index (χ3v) is 8.52. The Bertz CT molecular complexity index is 820. The Balaban J connectivity index is 1.73. The highest BCUT2D eigenvalue weighted by molar-refractivity contribution is 9.10. The molecule has 0 N–H and O–H groups in total. The first-order chi connectivity index (χ1) is 11.9. The van der Waals surface area contributed by atoms with Gasteiger partial charge in [0.25, 0.3) is 0 Å². The van der Waals surface area contributed by atoms with E-state index in [1.54, 1.807) is 15.3 Å². The predicted octanol–water partition coefficient (Wildman–Crippen LogP) is 3.31. The number of carbonyl (C=O) groups excluding carboxylic acids is 1. The summed E-state index contributed by atoms with van der Waals surface area (Å²) in [4.78, 5) is 14.6. The van der Waals surface area contributed by atoms with Crippen molar-refractivity contribution in [3.8, 4) is 0 Å². The fourth-order valence-corrected chi connectivity index (χ4v) is 6.69. The van der Waals surface area contributed by atoms with Gasteiger partial charge in [0.2, 0.25) is 15.9 Å². The zero-order valence-electron chi connectivity index (χ0n) is 14.4. The summed E-state index contributed by atoms with van der Waals surface area (Å²) in [5.41, 5.74) is 1.83. The predicted molar refractivity (Wildman–Crippen MR) is 100 cm³/mol. The number of amides is 1. The number of carbonyl (C=O) groups is 1. The molecule has 0 spiro atoms. The summed E-state index contributed by atoms with van der Waals surface area (Å²) in [5.74, 6) is 0.285. The minimum atomic E-state index is -3.57. The van der Waals surface area contributed by atoms with E-state index in [-0.39, 0.29) is 22.8 Å². The molecule has 4 rings (SSSR count). The topological polar surface area (TPSA) is 57.7 Å². The molecule has 1 atom stereocenters. The largest absolute Gasteiger partial charge is 0.312 e. The lowest BCUT2D eigenvalue weighted by Gasteiger charge is -2.32. The number of halogens is 1. The van der Waals surface area contributed by atoms with Gasteiger partial charge in [-0.2, -0.15) is 4.31 Å². The summed E-state index contributed by atoms with van der Waals surface area (Å²) in [6, 6.07) is 3.61. The molecule has 0 aromatic heterocycles. The van der Waals surface area contributed by atoms with Crippen LogP contribution in [0.25, 0.3) is 0 Å². The second-order valence-electron chi connectivity index (χ2n) is 7.39. The molecule has 2 fully saturated rings. The van der Waals surface area contributed by atoms with Crippen LogP contribution in [0, 0.1) is 5.92 Å². The van der Waals surface area contributed by atoms with Gasteiger partial charge in [0.15, 0.2) is 0 Å². The molecule has 7 heteroatoms. The molecule has 3 aliphatic rings. The van der Waals surface area contributed by atoms with Gasteiger partial charge in [-0.3, -0.25) is 4.79 Å². The maximum atomic E-state index is 13.2. The molecule has 0 bridgehead atoms. The van der Waals surface area contributed by atoms with E-state index >= 15 is 0 Å². The molecule has 0 radical (unpaired) electrons. The summed E-state index contributed by atoms with van der Waals surface area (Å²) in [6.07, 6.45) is 5.57. The lowest BCUT2D eigenvalue weighted by Crippen LogP contribution is -2.42. The van der Waals surface area contributed by atoms with Gasteiger partial charge in [0.1, 0.15) is 0 Å². The van der Waals surface area contributed by atoms with E-state index in [2.05, 4.69) is 15.9 Å². The van der Waals surface area contributed by atoms with Crippen LogP contribution >= 0.6 is 15.9 Å².